The predicted molar refractivity (Wildman–Crippen MR) is 164 cm³/mol. The minimum Gasteiger partial charge on any atom is -0.366 e. The van der Waals surface area contributed by atoms with E-state index in [1.807, 2.05) is 80.2 Å². The summed E-state index contributed by atoms with van der Waals surface area (Å²) in [7, 11) is 0. The van der Waals surface area contributed by atoms with Gasteiger partial charge in [-0.2, -0.15) is 5.10 Å². The Kier molecular flexibility index (Phi) is 6.26. The van der Waals surface area contributed by atoms with E-state index in [0.29, 0.717) is 35.1 Å². The van der Waals surface area contributed by atoms with Gasteiger partial charge in [0.05, 0.1) is 47.0 Å². The van der Waals surface area contributed by atoms with Crippen LogP contribution in [-0.4, -0.2) is 48.7 Å². The van der Waals surface area contributed by atoms with E-state index in [4.69, 9.17) is 15.2 Å². The zero-order valence-corrected chi connectivity index (χ0v) is 24.0. The normalized spacial score (nSPS) is 16.3. The molecule has 4 heterocycles. The number of nitrogens with one attached hydrogen (secondary N) is 1. The lowest BCUT2D eigenvalue weighted by Gasteiger charge is -2.16. The molecule has 7 rings (SSSR count). The van der Waals surface area contributed by atoms with Crippen LogP contribution in [0.15, 0.2) is 84.2 Å². The molecule has 10 heteroatoms. The van der Waals surface area contributed by atoms with Crippen LogP contribution in [0.3, 0.4) is 0 Å². The summed E-state index contributed by atoms with van der Waals surface area (Å²) in [6.45, 7) is 6.83. The third-order valence-corrected chi connectivity index (χ3v) is 7.98. The molecule has 0 radical (unpaired) electrons. The fourth-order valence-electron chi connectivity index (χ4n) is 5.90. The zero-order valence-electron chi connectivity index (χ0n) is 24.0. The maximum atomic E-state index is 13.4. The third-order valence-electron chi connectivity index (χ3n) is 7.98. The van der Waals surface area contributed by atoms with Crippen molar-refractivity contribution >= 4 is 27.7 Å². The van der Waals surface area contributed by atoms with E-state index < -0.39 is 11.7 Å². The van der Waals surface area contributed by atoms with Crippen molar-refractivity contribution in [2.24, 2.45) is 5.73 Å². The highest BCUT2D eigenvalue weighted by Gasteiger charge is 2.33. The van der Waals surface area contributed by atoms with Crippen LogP contribution in [0.1, 0.15) is 29.8 Å². The zero-order chi connectivity index (χ0) is 29.9. The Hall–Kier alpha value is -5.06. The summed E-state index contributed by atoms with van der Waals surface area (Å²) in [5.74, 6) is -1.13. The number of fused-ring (bicyclic) bond motifs is 2. The average Bonchev–Trinajstić information content (AvgIpc) is 3.72. The fraction of sp³-hybridized carbons (Fsp3) is 0.212. The first-order chi connectivity index (χ1) is 20.7. The van der Waals surface area contributed by atoms with Gasteiger partial charge in [-0.1, -0.05) is 30.3 Å². The van der Waals surface area contributed by atoms with Crippen LogP contribution in [0.4, 0.5) is 0 Å². The topological polar surface area (TPSA) is 130 Å². The largest absolute Gasteiger partial charge is 0.366 e. The summed E-state index contributed by atoms with van der Waals surface area (Å²) in [6, 6.07) is 18.8. The van der Waals surface area contributed by atoms with Gasteiger partial charge in [0.15, 0.2) is 5.79 Å². The first-order valence-corrected chi connectivity index (χ1v) is 14.1. The summed E-state index contributed by atoms with van der Waals surface area (Å²) in [4.78, 5) is 33.7. The molecule has 1 aliphatic rings. The first kappa shape index (κ1) is 26.8. The van der Waals surface area contributed by atoms with Crippen LogP contribution in [0.25, 0.3) is 49.9 Å². The molecule has 1 aliphatic heterocycles. The number of amides is 1. The Morgan fingerprint density at radius 1 is 1.09 bits per heavy atom. The number of rotatable bonds is 6. The maximum absolute atomic E-state index is 13.4. The van der Waals surface area contributed by atoms with Gasteiger partial charge in [-0.05, 0) is 67.8 Å². The van der Waals surface area contributed by atoms with Crippen LogP contribution in [0.2, 0.25) is 0 Å². The van der Waals surface area contributed by atoms with E-state index >= 15 is 0 Å². The lowest BCUT2D eigenvalue weighted by atomic mass is 9.94. The highest BCUT2D eigenvalue weighted by molar-refractivity contribution is 6.10. The number of carbonyl (C=O) groups excluding carboxylic acids is 1. The number of benzene rings is 3. The van der Waals surface area contributed by atoms with E-state index in [9.17, 15) is 9.59 Å². The van der Waals surface area contributed by atoms with Crippen molar-refractivity contribution < 1.29 is 14.3 Å². The van der Waals surface area contributed by atoms with Gasteiger partial charge in [-0.3, -0.25) is 18.8 Å². The summed E-state index contributed by atoms with van der Waals surface area (Å²) in [5, 5.41) is 5.91. The lowest BCUT2D eigenvalue weighted by molar-refractivity contribution is -0.139. The van der Waals surface area contributed by atoms with Crippen LogP contribution in [0.5, 0.6) is 0 Å². The molecule has 0 unspecified atom stereocenters. The summed E-state index contributed by atoms with van der Waals surface area (Å²) >= 11 is 0. The molecule has 1 amide bonds. The number of carbonyl (C=O) groups is 1. The SMILES string of the molecule is Cc1c(-c2ccc(C(N)=O)c3[nH]c(-c4cnn(C[C@H]5COC(C)(C)O5)c4)cc23)cccc1-n1cnc2ccccc2c1=O. The van der Waals surface area contributed by atoms with Gasteiger partial charge >= 0.3 is 0 Å². The van der Waals surface area contributed by atoms with E-state index in [-0.39, 0.29) is 11.7 Å². The minimum atomic E-state index is -0.604. The number of ether oxygens (including phenoxy) is 2. The van der Waals surface area contributed by atoms with Gasteiger partial charge < -0.3 is 20.2 Å². The molecule has 216 valence electrons. The molecule has 43 heavy (non-hydrogen) atoms. The predicted octanol–water partition coefficient (Wildman–Crippen LogP) is 4.96. The number of aromatic nitrogens is 5. The number of hydrogen-bond donors (Lipinski definition) is 2. The number of nitrogens with zero attached hydrogens (tertiary/aromatic N) is 4. The van der Waals surface area contributed by atoms with E-state index in [1.54, 1.807) is 29.2 Å². The summed E-state index contributed by atoms with van der Waals surface area (Å²) in [5.41, 5.74) is 12.4. The molecule has 3 N–H and O–H groups in total. The van der Waals surface area contributed by atoms with Crippen LogP contribution in [0, 0.1) is 6.92 Å². The smallest absolute Gasteiger partial charge is 0.265 e. The van der Waals surface area contributed by atoms with E-state index in [2.05, 4.69) is 15.1 Å². The minimum absolute atomic E-state index is 0.0981. The van der Waals surface area contributed by atoms with Crippen molar-refractivity contribution in [2.75, 3.05) is 6.61 Å². The van der Waals surface area contributed by atoms with Crippen LogP contribution < -0.4 is 11.3 Å². The molecular formula is C33H30N6O4. The monoisotopic (exact) mass is 574 g/mol. The molecule has 0 saturated carbocycles. The van der Waals surface area contributed by atoms with Crippen molar-refractivity contribution in [3.63, 3.8) is 0 Å². The summed E-state index contributed by atoms with van der Waals surface area (Å²) < 4.78 is 15.0. The molecule has 0 spiro atoms. The van der Waals surface area contributed by atoms with E-state index in [1.165, 1.54) is 0 Å². The molecular weight excluding hydrogens is 544 g/mol. The molecule has 1 atom stereocenters. The lowest BCUT2D eigenvalue weighted by Crippen LogP contribution is -2.24. The third kappa shape index (κ3) is 4.70. The number of aromatic amines is 1. The molecule has 0 bridgehead atoms. The Labute approximate surface area is 246 Å². The van der Waals surface area contributed by atoms with Crippen LogP contribution in [-0.2, 0) is 16.0 Å². The molecule has 3 aromatic heterocycles. The standard InChI is InChI=1S/C33H30N6O4/c1-19-22(8-6-10-29(19)39-18-35-27-9-5-4-7-24(27)32(39)41)23-11-12-25(31(34)40)30-26(23)13-28(37-30)20-14-36-38(15-20)16-21-17-42-33(2,3)43-21/h4-15,18,21,37H,16-17H2,1-3H3,(H2,34,40)/t21-/m0/s1. The number of primary amides is 1. The molecule has 3 aromatic carbocycles. The molecule has 6 aromatic rings. The van der Waals surface area contributed by atoms with Gasteiger partial charge in [-0.25, -0.2) is 4.98 Å². The Balaban J connectivity index is 1.31. The highest BCUT2D eigenvalue weighted by Crippen LogP contribution is 2.37. The Bertz CT molecular complexity index is 2100. The Morgan fingerprint density at radius 2 is 1.93 bits per heavy atom. The van der Waals surface area contributed by atoms with Gasteiger partial charge in [0, 0.05) is 22.8 Å². The van der Waals surface area contributed by atoms with Gasteiger partial charge in [0.2, 0.25) is 0 Å². The number of nitrogens with two attached hydrogens (primary N) is 1. The molecule has 1 fully saturated rings. The van der Waals surface area contributed by atoms with Crippen LogP contribution >= 0.6 is 0 Å². The number of H-pyrrole nitrogens is 1. The average molecular weight is 575 g/mol. The van der Waals surface area contributed by atoms with Crippen molar-refractivity contribution in [2.45, 2.75) is 39.2 Å². The Morgan fingerprint density at radius 3 is 2.72 bits per heavy atom. The second-order valence-corrected chi connectivity index (χ2v) is 11.3. The summed E-state index contributed by atoms with van der Waals surface area (Å²) in [6.07, 6.45) is 5.19. The van der Waals surface area contributed by atoms with Crippen molar-refractivity contribution in [1.29, 1.82) is 0 Å². The van der Waals surface area contributed by atoms with E-state index in [0.717, 1.165) is 39.0 Å². The quantitative estimate of drug-likeness (QED) is 0.289. The molecule has 10 nitrogen and oxygen atoms in total. The maximum Gasteiger partial charge on any atom is 0.265 e. The highest BCUT2D eigenvalue weighted by atomic mass is 16.7. The number of hydrogen-bond acceptors (Lipinski definition) is 6. The fourth-order valence-corrected chi connectivity index (χ4v) is 5.90. The van der Waals surface area contributed by atoms with Crippen molar-refractivity contribution in [3.05, 3.63) is 101 Å². The van der Waals surface area contributed by atoms with Gasteiger partial charge in [0.25, 0.3) is 11.5 Å². The van der Waals surface area contributed by atoms with Gasteiger partial charge in [0.1, 0.15) is 12.4 Å². The first-order valence-electron chi connectivity index (χ1n) is 14.1. The van der Waals surface area contributed by atoms with Crippen molar-refractivity contribution in [3.8, 4) is 28.1 Å². The molecule has 1 saturated heterocycles. The van der Waals surface area contributed by atoms with Gasteiger partial charge in [-0.15, -0.1) is 0 Å². The molecule has 0 aliphatic carbocycles. The van der Waals surface area contributed by atoms with Crippen molar-refractivity contribution in [1.82, 2.24) is 24.3 Å². The second-order valence-electron chi connectivity index (χ2n) is 11.3. The second kappa shape index (κ2) is 10.0. The number of para-hydroxylation sites is 1.